The first-order valence-corrected chi connectivity index (χ1v) is 14.4. The number of pyridine rings is 1. The predicted octanol–water partition coefficient (Wildman–Crippen LogP) is 6.18. The van der Waals surface area contributed by atoms with Crippen LogP contribution in [0.25, 0.3) is 10.9 Å². The molecule has 3 aromatic carbocycles. The molecule has 204 valence electrons. The molecule has 0 spiro atoms. The van der Waals surface area contributed by atoms with Crippen LogP contribution in [-0.2, 0) is 17.9 Å². The van der Waals surface area contributed by atoms with Gasteiger partial charge < -0.3 is 9.80 Å². The minimum Gasteiger partial charge on any atom is -0.332 e. The highest BCUT2D eigenvalue weighted by Gasteiger charge is 2.35. The van der Waals surface area contributed by atoms with Crippen molar-refractivity contribution in [2.75, 3.05) is 31.1 Å². The maximum absolute atomic E-state index is 14.0. The van der Waals surface area contributed by atoms with Crippen molar-refractivity contribution in [1.29, 1.82) is 0 Å². The van der Waals surface area contributed by atoms with Gasteiger partial charge >= 0.3 is 0 Å². The molecule has 6 nitrogen and oxygen atoms in total. The SMILES string of the molecule is O=C(c1ccc2ccccc2n1)N1CCN(Cc2ccccc2)CCCN(C(=O)C2CC2)c2cc(Cl)ccc2C1. The summed E-state index contributed by atoms with van der Waals surface area (Å²) in [4.78, 5) is 38.4. The third-order valence-electron chi connectivity index (χ3n) is 7.79. The molecular weight excluding hydrogens is 520 g/mol. The first-order valence-electron chi connectivity index (χ1n) is 14.1. The number of para-hydroxylation sites is 1. The second-order valence-electron chi connectivity index (χ2n) is 10.8. The fourth-order valence-corrected chi connectivity index (χ4v) is 5.62. The maximum Gasteiger partial charge on any atom is 0.272 e. The lowest BCUT2D eigenvalue weighted by Gasteiger charge is -2.28. The van der Waals surface area contributed by atoms with Crippen molar-refractivity contribution in [3.8, 4) is 0 Å². The molecule has 7 heteroatoms. The molecule has 6 rings (SSSR count). The van der Waals surface area contributed by atoms with Gasteiger partial charge in [-0.3, -0.25) is 14.5 Å². The number of benzene rings is 3. The normalized spacial score (nSPS) is 16.8. The van der Waals surface area contributed by atoms with E-state index in [0.717, 1.165) is 54.5 Å². The summed E-state index contributed by atoms with van der Waals surface area (Å²) in [5, 5.41) is 1.58. The lowest BCUT2D eigenvalue weighted by Crippen LogP contribution is -2.38. The fourth-order valence-electron chi connectivity index (χ4n) is 5.45. The molecule has 0 N–H and O–H groups in total. The van der Waals surface area contributed by atoms with Gasteiger partial charge in [0.25, 0.3) is 5.91 Å². The third-order valence-corrected chi connectivity index (χ3v) is 8.02. The minimum atomic E-state index is -0.120. The zero-order valence-corrected chi connectivity index (χ0v) is 23.3. The van der Waals surface area contributed by atoms with Crippen molar-refractivity contribution in [2.45, 2.75) is 32.4 Å². The van der Waals surface area contributed by atoms with Crippen LogP contribution < -0.4 is 4.90 Å². The van der Waals surface area contributed by atoms with Crippen molar-refractivity contribution >= 4 is 40.0 Å². The monoisotopic (exact) mass is 552 g/mol. The quantitative estimate of drug-likeness (QED) is 0.303. The topological polar surface area (TPSA) is 56.8 Å². The summed E-state index contributed by atoms with van der Waals surface area (Å²) in [6.07, 6.45) is 2.70. The highest BCUT2D eigenvalue weighted by atomic mass is 35.5. The Balaban J connectivity index is 1.36. The van der Waals surface area contributed by atoms with Crippen LogP contribution in [-0.4, -0.2) is 52.8 Å². The van der Waals surface area contributed by atoms with Gasteiger partial charge in [-0.15, -0.1) is 0 Å². The van der Waals surface area contributed by atoms with E-state index in [4.69, 9.17) is 16.6 Å². The Bertz CT molecular complexity index is 1520. The smallest absolute Gasteiger partial charge is 0.272 e. The van der Waals surface area contributed by atoms with Gasteiger partial charge in [0.15, 0.2) is 0 Å². The molecule has 0 saturated heterocycles. The predicted molar refractivity (Wildman–Crippen MR) is 159 cm³/mol. The third kappa shape index (κ3) is 6.03. The van der Waals surface area contributed by atoms with Crippen LogP contribution in [0, 0.1) is 5.92 Å². The summed E-state index contributed by atoms with van der Waals surface area (Å²) in [5.74, 6) is 0.119. The second-order valence-corrected chi connectivity index (χ2v) is 11.2. The Morgan fingerprint density at radius 3 is 2.48 bits per heavy atom. The van der Waals surface area contributed by atoms with Gasteiger partial charge in [0.1, 0.15) is 5.69 Å². The van der Waals surface area contributed by atoms with Crippen molar-refractivity contribution in [3.05, 3.63) is 107 Å². The van der Waals surface area contributed by atoms with E-state index >= 15 is 0 Å². The number of fused-ring (bicyclic) bond motifs is 2. The summed E-state index contributed by atoms with van der Waals surface area (Å²) in [6.45, 7) is 3.84. The molecule has 0 bridgehead atoms. The van der Waals surface area contributed by atoms with E-state index in [2.05, 4.69) is 29.2 Å². The van der Waals surface area contributed by atoms with Gasteiger partial charge in [-0.05, 0) is 54.7 Å². The zero-order chi connectivity index (χ0) is 27.5. The van der Waals surface area contributed by atoms with Crippen LogP contribution >= 0.6 is 11.6 Å². The number of anilines is 1. The number of hydrogen-bond acceptors (Lipinski definition) is 4. The van der Waals surface area contributed by atoms with Gasteiger partial charge in [0, 0.05) is 55.6 Å². The Kier molecular flexibility index (Phi) is 7.80. The van der Waals surface area contributed by atoms with Crippen molar-refractivity contribution in [3.63, 3.8) is 0 Å². The number of nitrogens with zero attached hydrogens (tertiary/aromatic N) is 4. The summed E-state index contributed by atoms with van der Waals surface area (Å²) < 4.78 is 0. The number of rotatable bonds is 4. The molecule has 2 amide bonds. The van der Waals surface area contributed by atoms with Gasteiger partial charge in [0.05, 0.1) is 11.2 Å². The summed E-state index contributed by atoms with van der Waals surface area (Å²) in [5.41, 5.74) is 4.18. The van der Waals surface area contributed by atoms with E-state index in [9.17, 15) is 9.59 Å². The zero-order valence-electron chi connectivity index (χ0n) is 22.5. The number of aromatic nitrogens is 1. The molecule has 40 heavy (non-hydrogen) atoms. The summed E-state index contributed by atoms with van der Waals surface area (Å²) in [7, 11) is 0. The lowest BCUT2D eigenvalue weighted by molar-refractivity contribution is -0.119. The standard InChI is InChI=1S/C33H33ClN4O2/c34-28-15-13-27-23-37(33(40)30-16-14-25-9-4-5-10-29(25)35-30)20-19-36(22-24-7-2-1-3-8-24)17-6-18-38(31(27)21-28)32(39)26-11-12-26/h1-5,7-10,13-16,21,26H,6,11-12,17-20,22-23H2. The second kappa shape index (κ2) is 11.8. The highest BCUT2D eigenvalue weighted by Crippen LogP contribution is 2.35. The minimum absolute atomic E-state index is 0.0805. The van der Waals surface area contributed by atoms with Crippen LogP contribution in [0.1, 0.15) is 40.9 Å². The molecular formula is C33H33ClN4O2. The fraction of sp³-hybridized carbons (Fsp3) is 0.303. The van der Waals surface area contributed by atoms with E-state index in [1.54, 1.807) is 0 Å². The number of amides is 2. The number of halogens is 1. The van der Waals surface area contributed by atoms with E-state index < -0.39 is 0 Å². The Labute approximate surface area is 240 Å². The average Bonchev–Trinajstić information content (AvgIpc) is 3.83. The van der Waals surface area contributed by atoms with Crippen molar-refractivity contribution in [2.24, 2.45) is 5.92 Å². The first kappa shape index (κ1) is 26.5. The van der Waals surface area contributed by atoms with Crippen LogP contribution in [0.5, 0.6) is 0 Å². The molecule has 1 saturated carbocycles. The van der Waals surface area contributed by atoms with E-state index in [1.165, 1.54) is 5.56 Å². The number of carbonyl (C=O) groups is 2. The van der Waals surface area contributed by atoms with Crippen LogP contribution in [0.15, 0.2) is 84.9 Å². The van der Waals surface area contributed by atoms with Gasteiger partial charge in [-0.2, -0.15) is 0 Å². The molecule has 4 aromatic rings. The molecule has 1 aliphatic carbocycles. The largest absolute Gasteiger partial charge is 0.332 e. The van der Waals surface area contributed by atoms with Crippen molar-refractivity contribution in [1.82, 2.24) is 14.8 Å². The van der Waals surface area contributed by atoms with Gasteiger partial charge in [-0.25, -0.2) is 4.98 Å². The molecule has 2 aliphatic rings. The van der Waals surface area contributed by atoms with Gasteiger partial charge in [0.2, 0.25) is 5.91 Å². The lowest BCUT2D eigenvalue weighted by atomic mass is 10.1. The average molecular weight is 553 g/mol. The van der Waals surface area contributed by atoms with Gasteiger partial charge in [-0.1, -0.05) is 72.3 Å². The Morgan fingerprint density at radius 1 is 0.850 bits per heavy atom. The molecule has 1 aromatic heterocycles. The Hall–Kier alpha value is -3.74. The number of carbonyl (C=O) groups excluding carboxylic acids is 2. The summed E-state index contributed by atoms with van der Waals surface area (Å²) >= 11 is 6.47. The van der Waals surface area contributed by atoms with E-state index in [1.807, 2.05) is 70.5 Å². The molecule has 1 fully saturated rings. The molecule has 1 aliphatic heterocycles. The van der Waals surface area contributed by atoms with Crippen LogP contribution in [0.4, 0.5) is 5.69 Å². The highest BCUT2D eigenvalue weighted by molar-refractivity contribution is 6.31. The summed E-state index contributed by atoms with van der Waals surface area (Å²) in [6, 6.07) is 27.7. The molecule has 2 heterocycles. The number of hydrogen-bond donors (Lipinski definition) is 0. The van der Waals surface area contributed by atoms with Crippen LogP contribution in [0.2, 0.25) is 5.02 Å². The molecule has 0 radical (unpaired) electrons. The van der Waals surface area contributed by atoms with Crippen molar-refractivity contribution < 1.29 is 9.59 Å². The Morgan fingerprint density at radius 2 is 1.65 bits per heavy atom. The van der Waals surface area contributed by atoms with E-state index in [-0.39, 0.29) is 17.7 Å². The van der Waals surface area contributed by atoms with Crippen LogP contribution in [0.3, 0.4) is 0 Å². The van der Waals surface area contributed by atoms with E-state index in [0.29, 0.717) is 36.9 Å². The molecule has 0 unspecified atom stereocenters. The maximum atomic E-state index is 14.0. The first-order chi connectivity index (χ1) is 19.5. The molecule has 0 atom stereocenters.